The van der Waals surface area contributed by atoms with Gasteiger partial charge < -0.3 is 15.7 Å². The first-order valence-electron chi connectivity index (χ1n) is 9.40. The zero-order valence-corrected chi connectivity index (χ0v) is 14.8. The number of aliphatic hydroxyl groups is 1. The van der Waals surface area contributed by atoms with E-state index in [0.717, 1.165) is 38.5 Å². The maximum atomic E-state index is 12.5. The molecule has 2 aliphatic carbocycles. The van der Waals surface area contributed by atoms with Gasteiger partial charge >= 0.3 is 0 Å². The van der Waals surface area contributed by atoms with Gasteiger partial charge in [0.2, 0.25) is 11.8 Å². The lowest BCUT2D eigenvalue weighted by Crippen LogP contribution is -2.54. The van der Waals surface area contributed by atoms with Gasteiger partial charge in [-0.1, -0.05) is 37.1 Å². The number of carbonyl (C=O) groups is 2. The van der Waals surface area contributed by atoms with Crippen molar-refractivity contribution in [1.82, 2.24) is 10.6 Å². The van der Waals surface area contributed by atoms with Crippen LogP contribution in [0, 0.1) is 5.92 Å². The third kappa shape index (κ3) is 4.21. The van der Waals surface area contributed by atoms with Crippen molar-refractivity contribution >= 4 is 11.8 Å². The fraction of sp³-hybridized carbons (Fsp3) is 0.600. The van der Waals surface area contributed by atoms with Gasteiger partial charge in [0.05, 0.1) is 6.10 Å². The Morgan fingerprint density at radius 1 is 1.20 bits per heavy atom. The van der Waals surface area contributed by atoms with Crippen LogP contribution in [0.3, 0.4) is 0 Å². The second-order valence-corrected chi connectivity index (χ2v) is 7.39. The molecule has 3 rings (SSSR count). The highest BCUT2D eigenvalue weighted by Crippen LogP contribution is 2.32. The van der Waals surface area contributed by atoms with Gasteiger partial charge in [-0.2, -0.15) is 0 Å². The van der Waals surface area contributed by atoms with Crippen molar-refractivity contribution in [2.45, 2.75) is 63.5 Å². The fourth-order valence-corrected chi connectivity index (χ4v) is 4.06. The molecule has 2 amide bonds. The van der Waals surface area contributed by atoms with Crippen LogP contribution in [0.4, 0.5) is 0 Å². The Hall–Kier alpha value is -1.88. The highest BCUT2D eigenvalue weighted by molar-refractivity contribution is 5.89. The van der Waals surface area contributed by atoms with E-state index >= 15 is 0 Å². The van der Waals surface area contributed by atoms with E-state index in [1.807, 2.05) is 12.1 Å². The molecule has 5 heteroatoms. The minimum absolute atomic E-state index is 0.0178. The fourth-order valence-electron chi connectivity index (χ4n) is 4.06. The number of fused-ring (bicyclic) bond motifs is 1. The lowest BCUT2D eigenvalue weighted by molar-refractivity contribution is -0.133. The molecule has 3 N–H and O–H groups in total. The van der Waals surface area contributed by atoms with Crippen LogP contribution in [0.5, 0.6) is 0 Å². The first kappa shape index (κ1) is 17.9. The molecule has 0 aromatic heterocycles. The van der Waals surface area contributed by atoms with E-state index in [9.17, 15) is 14.7 Å². The SMILES string of the molecule is C[C@H](O)[C@H](NC(=O)C1CCCC1)C(=O)NC[C@@H]1CCc2ccccc21. The predicted molar refractivity (Wildman–Crippen MR) is 96.1 cm³/mol. The summed E-state index contributed by atoms with van der Waals surface area (Å²) in [5.74, 6) is -0.119. The molecule has 0 aliphatic heterocycles. The number of aliphatic hydroxyl groups excluding tert-OH is 1. The summed E-state index contributed by atoms with van der Waals surface area (Å²) >= 11 is 0. The maximum absolute atomic E-state index is 12.5. The van der Waals surface area contributed by atoms with Gasteiger partial charge in [0, 0.05) is 18.4 Å². The average Bonchev–Trinajstić information content (AvgIpc) is 3.27. The predicted octanol–water partition coefficient (Wildman–Crippen LogP) is 1.89. The quantitative estimate of drug-likeness (QED) is 0.737. The van der Waals surface area contributed by atoms with Crippen LogP contribution in [0.25, 0.3) is 0 Å². The van der Waals surface area contributed by atoms with Crippen molar-refractivity contribution in [3.8, 4) is 0 Å². The normalized spacial score (nSPS) is 22.2. The summed E-state index contributed by atoms with van der Waals surface area (Å²) in [5, 5.41) is 15.6. The average molecular weight is 344 g/mol. The smallest absolute Gasteiger partial charge is 0.245 e. The first-order chi connectivity index (χ1) is 12.1. The van der Waals surface area contributed by atoms with Crippen LogP contribution in [0.15, 0.2) is 24.3 Å². The molecule has 1 aromatic rings. The number of aryl methyl sites for hydroxylation is 1. The number of hydrogen-bond donors (Lipinski definition) is 3. The molecule has 5 nitrogen and oxygen atoms in total. The molecule has 136 valence electrons. The molecule has 1 aromatic carbocycles. The molecule has 0 bridgehead atoms. The lowest BCUT2D eigenvalue weighted by Gasteiger charge is -2.23. The summed E-state index contributed by atoms with van der Waals surface area (Å²) in [6, 6.07) is 7.44. The molecule has 0 radical (unpaired) electrons. The Labute approximate surface area is 149 Å². The van der Waals surface area contributed by atoms with Crippen LogP contribution in [0.1, 0.15) is 56.1 Å². The molecule has 0 spiro atoms. The molecule has 0 heterocycles. The Kier molecular flexibility index (Phi) is 5.74. The van der Waals surface area contributed by atoms with Crippen molar-refractivity contribution in [1.29, 1.82) is 0 Å². The van der Waals surface area contributed by atoms with E-state index < -0.39 is 12.1 Å². The number of rotatable bonds is 6. The van der Waals surface area contributed by atoms with E-state index in [0.29, 0.717) is 12.5 Å². The van der Waals surface area contributed by atoms with E-state index in [4.69, 9.17) is 0 Å². The molecule has 1 saturated carbocycles. The highest BCUT2D eigenvalue weighted by atomic mass is 16.3. The molecule has 3 atom stereocenters. The van der Waals surface area contributed by atoms with Gasteiger partial charge in [-0.3, -0.25) is 9.59 Å². The lowest BCUT2D eigenvalue weighted by atomic mass is 10.0. The van der Waals surface area contributed by atoms with E-state index in [1.165, 1.54) is 11.1 Å². The second-order valence-electron chi connectivity index (χ2n) is 7.39. The first-order valence-corrected chi connectivity index (χ1v) is 9.40. The van der Waals surface area contributed by atoms with Gasteiger partial charge in [0.1, 0.15) is 6.04 Å². The minimum Gasteiger partial charge on any atom is -0.391 e. The van der Waals surface area contributed by atoms with Crippen molar-refractivity contribution in [2.24, 2.45) is 5.92 Å². The molecular weight excluding hydrogens is 316 g/mol. The van der Waals surface area contributed by atoms with E-state index in [1.54, 1.807) is 6.92 Å². The Bertz CT molecular complexity index is 623. The monoisotopic (exact) mass is 344 g/mol. The standard InChI is InChI=1S/C20H28N2O3/c1-13(23)18(22-19(24)15-7-2-3-8-15)20(25)21-12-16-11-10-14-6-4-5-9-17(14)16/h4-6,9,13,15-16,18,23H,2-3,7-8,10-12H2,1H3,(H,21,25)(H,22,24)/t13-,16-,18-/m0/s1. The van der Waals surface area contributed by atoms with Gasteiger partial charge in [-0.05, 0) is 43.7 Å². The van der Waals surface area contributed by atoms with Crippen molar-refractivity contribution < 1.29 is 14.7 Å². The zero-order chi connectivity index (χ0) is 17.8. The third-order valence-corrected chi connectivity index (χ3v) is 5.57. The minimum atomic E-state index is -0.916. The van der Waals surface area contributed by atoms with E-state index in [2.05, 4.69) is 22.8 Å². The molecule has 25 heavy (non-hydrogen) atoms. The molecular formula is C20H28N2O3. The van der Waals surface area contributed by atoms with Crippen molar-refractivity contribution in [2.75, 3.05) is 6.54 Å². The van der Waals surface area contributed by atoms with Crippen LogP contribution >= 0.6 is 0 Å². The number of benzene rings is 1. The summed E-state index contributed by atoms with van der Waals surface area (Å²) < 4.78 is 0. The third-order valence-electron chi connectivity index (χ3n) is 5.57. The molecule has 0 saturated heterocycles. The van der Waals surface area contributed by atoms with Gasteiger partial charge in [-0.25, -0.2) is 0 Å². The number of amides is 2. The van der Waals surface area contributed by atoms with Crippen molar-refractivity contribution in [3.63, 3.8) is 0 Å². The molecule has 0 unspecified atom stereocenters. The van der Waals surface area contributed by atoms with Gasteiger partial charge in [-0.15, -0.1) is 0 Å². The topological polar surface area (TPSA) is 78.4 Å². The molecule has 1 fully saturated rings. The molecule has 2 aliphatic rings. The Morgan fingerprint density at radius 2 is 1.92 bits per heavy atom. The van der Waals surface area contributed by atoms with Crippen LogP contribution in [-0.4, -0.2) is 35.6 Å². The van der Waals surface area contributed by atoms with Crippen LogP contribution < -0.4 is 10.6 Å². The van der Waals surface area contributed by atoms with Crippen LogP contribution in [0.2, 0.25) is 0 Å². The largest absolute Gasteiger partial charge is 0.391 e. The van der Waals surface area contributed by atoms with Gasteiger partial charge in [0.25, 0.3) is 0 Å². The summed E-state index contributed by atoms with van der Waals surface area (Å²) in [6.45, 7) is 2.09. The summed E-state index contributed by atoms with van der Waals surface area (Å²) in [6.07, 6.45) is 5.01. The number of nitrogens with one attached hydrogen (secondary N) is 2. The second kappa shape index (κ2) is 8.00. The number of carbonyl (C=O) groups excluding carboxylic acids is 2. The summed E-state index contributed by atoms with van der Waals surface area (Å²) in [5.41, 5.74) is 2.65. The number of hydrogen-bond acceptors (Lipinski definition) is 3. The maximum Gasteiger partial charge on any atom is 0.245 e. The van der Waals surface area contributed by atoms with Crippen molar-refractivity contribution in [3.05, 3.63) is 35.4 Å². The Morgan fingerprint density at radius 3 is 2.64 bits per heavy atom. The zero-order valence-electron chi connectivity index (χ0n) is 14.8. The van der Waals surface area contributed by atoms with Gasteiger partial charge in [0.15, 0.2) is 0 Å². The summed E-state index contributed by atoms with van der Waals surface area (Å²) in [4.78, 5) is 24.8. The van der Waals surface area contributed by atoms with E-state index in [-0.39, 0.29) is 17.7 Å². The summed E-state index contributed by atoms with van der Waals surface area (Å²) in [7, 11) is 0. The highest BCUT2D eigenvalue weighted by Gasteiger charge is 2.31. The Balaban J connectivity index is 1.55. The van der Waals surface area contributed by atoms with Crippen LogP contribution in [-0.2, 0) is 16.0 Å².